The molecule has 0 saturated carbocycles. The van der Waals surface area contributed by atoms with E-state index in [4.69, 9.17) is 4.74 Å². The van der Waals surface area contributed by atoms with Crippen molar-refractivity contribution < 1.29 is 9.84 Å². The molecule has 0 bridgehead atoms. The molecule has 3 aromatic rings. The Bertz CT molecular complexity index is 1020. The van der Waals surface area contributed by atoms with Gasteiger partial charge in [0.15, 0.2) is 0 Å². The Balaban J connectivity index is 2.10. The first-order valence-corrected chi connectivity index (χ1v) is 9.85. The predicted molar refractivity (Wildman–Crippen MR) is 114 cm³/mol. The molecule has 1 atom stereocenters. The van der Waals surface area contributed by atoms with Crippen LogP contribution in [0.2, 0.25) is 0 Å². The van der Waals surface area contributed by atoms with Gasteiger partial charge in [0, 0.05) is 16.9 Å². The van der Waals surface area contributed by atoms with E-state index < -0.39 is 5.60 Å². The van der Waals surface area contributed by atoms with Crippen LogP contribution in [0.25, 0.3) is 0 Å². The van der Waals surface area contributed by atoms with Gasteiger partial charge < -0.3 is 9.84 Å². The minimum atomic E-state index is -0.919. The van der Waals surface area contributed by atoms with Crippen LogP contribution >= 0.6 is 0 Å². The second kappa shape index (κ2) is 6.49. The molecular formula is C26H28O2. The number of hydrogen-bond donors (Lipinski definition) is 1. The average Bonchev–Trinajstić information content (AvgIpc) is 2.67. The molecule has 0 saturated heterocycles. The third-order valence-corrected chi connectivity index (χ3v) is 6.09. The molecule has 1 N–H and O–H groups in total. The summed E-state index contributed by atoms with van der Waals surface area (Å²) in [5, 5.41) is 10.9. The van der Waals surface area contributed by atoms with Gasteiger partial charge in [0.1, 0.15) is 5.75 Å². The van der Waals surface area contributed by atoms with E-state index in [1.807, 2.05) is 32.0 Å². The van der Waals surface area contributed by atoms with Gasteiger partial charge in [-0.3, -0.25) is 0 Å². The van der Waals surface area contributed by atoms with E-state index >= 15 is 0 Å². The first kappa shape index (κ1) is 18.8. The first-order chi connectivity index (χ1) is 13.3. The minimum Gasteiger partial charge on any atom is -0.496 e. The van der Waals surface area contributed by atoms with Gasteiger partial charge >= 0.3 is 0 Å². The van der Waals surface area contributed by atoms with Crippen LogP contribution < -0.4 is 4.74 Å². The van der Waals surface area contributed by atoms with Gasteiger partial charge in [-0.25, -0.2) is 0 Å². The SMILES string of the molecule is COc1cccc2c1C(C)(C)c1ccccc1C2c1ccccc1C(C)(C)O. The van der Waals surface area contributed by atoms with Gasteiger partial charge in [-0.05, 0) is 47.7 Å². The topological polar surface area (TPSA) is 29.5 Å². The third kappa shape index (κ3) is 2.75. The van der Waals surface area contributed by atoms with E-state index in [1.54, 1.807) is 7.11 Å². The number of benzene rings is 3. The Hall–Kier alpha value is -2.58. The lowest BCUT2D eigenvalue weighted by Crippen LogP contribution is -2.31. The van der Waals surface area contributed by atoms with Crippen molar-refractivity contribution in [2.45, 2.75) is 44.6 Å². The zero-order valence-corrected chi connectivity index (χ0v) is 17.3. The highest BCUT2D eigenvalue weighted by Crippen LogP contribution is 2.52. The second-order valence-corrected chi connectivity index (χ2v) is 8.72. The van der Waals surface area contributed by atoms with Gasteiger partial charge in [-0.15, -0.1) is 0 Å². The smallest absolute Gasteiger partial charge is 0.123 e. The first-order valence-electron chi connectivity index (χ1n) is 9.85. The van der Waals surface area contributed by atoms with Crippen LogP contribution in [0.3, 0.4) is 0 Å². The summed E-state index contributed by atoms with van der Waals surface area (Å²) in [5.74, 6) is 0.972. The summed E-state index contributed by atoms with van der Waals surface area (Å²) in [4.78, 5) is 0. The van der Waals surface area contributed by atoms with Crippen molar-refractivity contribution in [3.8, 4) is 5.75 Å². The van der Waals surface area contributed by atoms with Crippen molar-refractivity contribution in [1.82, 2.24) is 0 Å². The summed E-state index contributed by atoms with van der Waals surface area (Å²) < 4.78 is 5.80. The molecule has 2 heteroatoms. The highest BCUT2D eigenvalue weighted by atomic mass is 16.5. The average molecular weight is 373 g/mol. The molecule has 4 rings (SSSR count). The highest BCUT2D eigenvalue weighted by molar-refractivity contribution is 5.64. The van der Waals surface area contributed by atoms with Gasteiger partial charge in [0.25, 0.3) is 0 Å². The lowest BCUT2D eigenvalue weighted by Gasteiger charge is -2.41. The number of hydrogen-bond acceptors (Lipinski definition) is 2. The van der Waals surface area contributed by atoms with E-state index in [9.17, 15) is 5.11 Å². The molecule has 0 fully saturated rings. The Labute approximate surface area is 167 Å². The molecule has 1 aliphatic rings. The molecule has 0 radical (unpaired) electrons. The zero-order chi connectivity index (χ0) is 20.1. The van der Waals surface area contributed by atoms with Crippen molar-refractivity contribution in [1.29, 1.82) is 0 Å². The fourth-order valence-corrected chi connectivity index (χ4v) is 4.89. The normalized spacial score (nSPS) is 17.6. The molecule has 2 nitrogen and oxygen atoms in total. The van der Waals surface area contributed by atoms with E-state index in [2.05, 4.69) is 62.4 Å². The molecule has 0 heterocycles. The molecule has 1 aliphatic carbocycles. The lowest BCUT2D eigenvalue weighted by molar-refractivity contribution is 0.0775. The summed E-state index contributed by atoms with van der Waals surface area (Å²) in [6, 6.07) is 23.3. The van der Waals surface area contributed by atoms with Crippen LogP contribution in [0.5, 0.6) is 5.75 Å². The number of ether oxygens (including phenoxy) is 1. The molecule has 0 spiro atoms. The summed E-state index contributed by atoms with van der Waals surface area (Å²) in [6.07, 6.45) is 0. The Morgan fingerprint density at radius 1 is 0.821 bits per heavy atom. The van der Waals surface area contributed by atoms with E-state index in [1.165, 1.54) is 22.3 Å². The summed E-state index contributed by atoms with van der Waals surface area (Å²) in [6.45, 7) is 8.25. The lowest BCUT2D eigenvalue weighted by atomic mass is 9.63. The van der Waals surface area contributed by atoms with Gasteiger partial charge in [0.05, 0.1) is 12.7 Å². The molecule has 0 aliphatic heterocycles. The fraction of sp³-hybridized carbons (Fsp3) is 0.308. The van der Waals surface area contributed by atoms with Crippen LogP contribution in [0.1, 0.15) is 67.0 Å². The second-order valence-electron chi connectivity index (χ2n) is 8.72. The summed E-state index contributed by atoms with van der Waals surface area (Å²) >= 11 is 0. The van der Waals surface area contributed by atoms with Crippen molar-refractivity contribution in [2.75, 3.05) is 7.11 Å². The number of methoxy groups -OCH3 is 1. The molecule has 1 unspecified atom stereocenters. The fourth-order valence-electron chi connectivity index (χ4n) is 4.89. The largest absolute Gasteiger partial charge is 0.496 e. The number of rotatable bonds is 3. The third-order valence-electron chi connectivity index (χ3n) is 6.09. The highest BCUT2D eigenvalue weighted by Gasteiger charge is 2.41. The maximum atomic E-state index is 10.9. The molecule has 3 aromatic carbocycles. The van der Waals surface area contributed by atoms with Crippen molar-refractivity contribution >= 4 is 0 Å². The zero-order valence-electron chi connectivity index (χ0n) is 17.3. The minimum absolute atomic E-state index is 0.0527. The molecule has 0 amide bonds. The van der Waals surface area contributed by atoms with E-state index in [0.717, 1.165) is 16.9 Å². The summed E-state index contributed by atoms with van der Waals surface area (Å²) in [5.41, 5.74) is 6.10. The monoisotopic (exact) mass is 372 g/mol. The van der Waals surface area contributed by atoms with Gasteiger partial charge in [-0.2, -0.15) is 0 Å². The van der Waals surface area contributed by atoms with Crippen LogP contribution in [-0.4, -0.2) is 12.2 Å². The molecule has 0 aromatic heterocycles. The maximum Gasteiger partial charge on any atom is 0.123 e. The molecule has 144 valence electrons. The van der Waals surface area contributed by atoms with Crippen molar-refractivity contribution in [2.24, 2.45) is 0 Å². The molecule has 28 heavy (non-hydrogen) atoms. The van der Waals surface area contributed by atoms with E-state index in [0.29, 0.717) is 0 Å². The Kier molecular flexibility index (Phi) is 4.35. The van der Waals surface area contributed by atoms with Crippen LogP contribution in [0.15, 0.2) is 66.7 Å². The Morgan fingerprint density at radius 3 is 2.11 bits per heavy atom. The van der Waals surface area contributed by atoms with Gasteiger partial charge in [0.2, 0.25) is 0 Å². The maximum absolute atomic E-state index is 10.9. The standard InChI is InChI=1S/C26H28O2/c1-25(2)20-14-8-6-11-17(20)23(19-13-10-16-22(28-5)24(19)25)18-12-7-9-15-21(18)26(3,4)27/h6-16,23,27H,1-5H3. The summed E-state index contributed by atoms with van der Waals surface area (Å²) in [7, 11) is 1.74. The van der Waals surface area contributed by atoms with Crippen LogP contribution in [0, 0.1) is 0 Å². The van der Waals surface area contributed by atoms with Crippen molar-refractivity contribution in [3.63, 3.8) is 0 Å². The molecular weight excluding hydrogens is 344 g/mol. The van der Waals surface area contributed by atoms with Gasteiger partial charge in [-0.1, -0.05) is 74.5 Å². The van der Waals surface area contributed by atoms with E-state index in [-0.39, 0.29) is 11.3 Å². The van der Waals surface area contributed by atoms with Crippen LogP contribution in [-0.2, 0) is 11.0 Å². The Morgan fingerprint density at radius 2 is 1.43 bits per heavy atom. The quantitative estimate of drug-likeness (QED) is 0.635. The van der Waals surface area contributed by atoms with Crippen molar-refractivity contribution in [3.05, 3.63) is 100 Å². The number of aliphatic hydroxyl groups is 1. The number of fused-ring (bicyclic) bond motifs is 2. The predicted octanol–water partition coefficient (Wildman–Crippen LogP) is 5.74. The van der Waals surface area contributed by atoms with Crippen LogP contribution in [0.4, 0.5) is 0 Å².